The molecular weight excluding hydrogens is 271 g/mol. The van der Waals surface area contributed by atoms with Crippen molar-refractivity contribution >= 4 is 5.78 Å². The van der Waals surface area contributed by atoms with Crippen LogP contribution in [-0.4, -0.2) is 28.8 Å². The second-order valence-corrected chi connectivity index (χ2v) is 5.03. The average molecular weight is 290 g/mol. The first-order chi connectivity index (χ1) is 10.1. The van der Waals surface area contributed by atoms with Gasteiger partial charge in [0, 0.05) is 12.5 Å². The zero-order chi connectivity index (χ0) is 15.2. The summed E-state index contributed by atoms with van der Waals surface area (Å²) in [6, 6.07) is 6.45. The fourth-order valence-corrected chi connectivity index (χ4v) is 2.17. The molecule has 0 saturated heterocycles. The minimum atomic E-state index is -0.438. The van der Waals surface area contributed by atoms with Gasteiger partial charge in [0.1, 0.15) is 17.3 Å². The maximum Gasteiger partial charge on any atom is 0.185 e. The number of pyridine rings is 1. The minimum absolute atomic E-state index is 0.0760. The van der Waals surface area contributed by atoms with Crippen molar-refractivity contribution < 1.29 is 13.6 Å². The summed E-state index contributed by atoms with van der Waals surface area (Å²) in [5.74, 6) is 0.148. The van der Waals surface area contributed by atoms with Crippen LogP contribution in [0.15, 0.2) is 41.1 Å². The summed E-state index contributed by atoms with van der Waals surface area (Å²) in [6.07, 6.45) is 2.71. The molecule has 0 radical (unpaired) electrons. The van der Waals surface area contributed by atoms with Gasteiger partial charge >= 0.3 is 0 Å². The van der Waals surface area contributed by atoms with E-state index in [2.05, 4.69) is 9.88 Å². The van der Waals surface area contributed by atoms with Gasteiger partial charge in [-0.3, -0.25) is 14.7 Å². The molecule has 0 aliphatic carbocycles. The van der Waals surface area contributed by atoms with Gasteiger partial charge in [-0.1, -0.05) is 13.8 Å². The van der Waals surface area contributed by atoms with Crippen molar-refractivity contribution in [2.45, 2.75) is 20.4 Å². The molecule has 2 aromatic heterocycles. The maximum absolute atomic E-state index is 12.8. The molecular formula is C16H19FN2O2. The van der Waals surface area contributed by atoms with E-state index in [1.807, 2.05) is 26.0 Å². The van der Waals surface area contributed by atoms with E-state index < -0.39 is 5.82 Å². The number of halogens is 1. The summed E-state index contributed by atoms with van der Waals surface area (Å²) in [5.41, 5.74) is 0.304. The molecule has 112 valence electrons. The molecule has 1 unspecified atom stereocenters. The number of furan rings is 1. The Kier molecular flexibility index (Phi) is 5.22. The van der Waals surface area contributed by atoms with E-state index in [0.717, 1.165) is 18.5 Å². The van der Waals surface area contributed by atoms with Crippen LogP contribution in [0.1, 0.15) is 30.1 Å². The summed E-state index contributed by atoms with van der Waals surface area (Å²) in [5, 5.41) is 0. The number of Topliss-reactive ketones (excluding diaryl/α,β-unsaturated/α-hetero) is 1. The van der Waals surface area contributed by atoms with Gasteiger partial charge in [0.25, 0.3) is 0 Å². The number of hydrogen-bond acceptors (Lipinski definition) is 4. The Balaban J connectivity index is 1.96. The molecule has 2 rings (SSSR count). The first kappa shape index (κ1) is 15.4. The van der Waals surface area contributed by atoms with E-state index in [-0.39, 0.29) is 11.7 Å². The number of nitrogens with zero attached hydrogens (tertiary/aromatic N) is 2. The van der Waals surface area contributed by atoms with E-state index in [4.69, 9.17) is 4.42 Å². The molecule has 0 amide bonds. The minimum Gasteiger partial charge on any atom is -0.468 e. The first-order valence-corrected chi connectivity index (χ1v) is 7.00. The lowest BCUT2D eigenvalue weighted by Gasteiger charge is -2.22. The van der Waals surface area contributed by atoms with Gasteiger partial charge in [-0.15, -0.1) is 0 Å². The third kappa shape index (κ3) is 4.23. The van der Waals surface area contributed by atoms with Gasteiger partial charge in [-0.05, 0) is 30.8 Å². The predicted molar refractivity (Wildman–Crippen MR) is 77.3 cm³/mol. The van der Waals surface area contributed by atoms with E-state index in [0.29, 0.717) is 18.8 Å². The Hall–Kier alpha value is -2.01. The fourth-order valence-electron chi connectivity index (χ4n) is 2.17. The zero-order valence-corrected chi connectivity index (χ0v) is 12.3. The van der Waals surface area contributed by atoms with Crippen molar-refractivity contribution in [3.05, 3.63) is 54.0 Å². The fraction of sp³-hybridized carbons (Fsp3) is 0.375. The second kappa shape index (κ2) is 7.13. The Morgan fingerprint density at radius 1 is 1.43 bits per heavy atom. The molecule has 0 spiro atoms. The molecule has 4 nitrogen and oxygen atoms in total. The van der Waals surface area contributed by atoms with E-state index >= 15 is 0 Å². The van der Waals surface area contributed by atoms with E-state index in [1.165, 1.54) is 12.1 Å². The summed E-state index contributed by atoms with van der Waals surface area (Å²) < 4.78 is 18.2. The normalized spacial score (nSPS) is 12.6. The molecule has 2 aromatic rings. The maximum atomic E-state index is 12.8. The summed E-state index contributed by atoms with van der Waals surface area (Å²) >= 11 is 0. The average Bonchev–Trinajstić information content (AvgIpc) is 2.99. The lowest BCUT2D eigenvalue weighted by molar-refractivity contribution is 0.0884. The summed E-state index contributed by atoms with van der Waals surface area (Å²) in [7, 11) is 0. The van der Waals surface area contributed by atoms with Crippen LogP contribution in [-0.2, 0) is 6.54 Å². The van der Waals surface area contributed by atoms with Gasteiger partial charge in [0.2, 0.25) is 0 Å². The van der Waals surface area contributed by atoms with Crippen LogP contribution in [0.4, 0.5) is 4.39 Å². The van der Waals surface area contributed by atoms with Crippen LogP contribution in [0.25, 0.3) is 0 Å². The van der Waals surface area contributed by atoms with Crippen molar-refractivity contribution in [2.75, 3.05) is 13.1 Å². The van der Waals surface area contributed by atoms with Crippen molar-refractivity contribution in [1.82, 2.24) is 9.88 Å². The highest BCUT2D eigenvalue weighted by Gasteiger charge is 2.19. The molecule has 0 N–H and O–H groups in total. The Morgan fingerprint density at radius 2 is 2.24 bits per heavy atom. The SMILES string of the molecule is CCN(Cc1ccco1)CC(C)C(=O)c1ccc(F)cn1. The molecule has 0 fully saturated rings. The number of carbonyl (C=O) groups excluding carboxylic acids is 1. The lowest BCUT2D eigenvalue weighted by atomic mass is 10.0. The monoisotopic (exact) mass is 290 g/mol. The highest BCUT2D eigenvalue weighted by atomic mass is 19.1. The molecule has 0 bridgehead atoms. The smallest absolute Gasteiger partial charge is 0.185 e. The predicted octanol–water partition coefficient (Wildman–Crippen LogP) is 3.15. The van der Waals surface area contributed by atoms with Crippen molar-refractivity contribution in [3.8, 4) is 0 Å². The van der Waals surface area contributed by atoms with Crippen molar-refractivity contribution in [2.24, 2.45) is 5.92 Å². The second-order valence-electron chi connectivity index (χ2n) is 5.03. The van der Waals surface area contributed by atoms with Gasteiger partial charge < -0.3 is 4.42 Å². The van der Waals surface area contributed by atoms with Crippen LogP contribution in [0, 0.1) is 11.7 Å². The number of aromatic nitrogens is 1. The van der Waals surface area contributed by atoms with Gasteiger partial charge in [0.05, 0.1) is 19.0 Å². The number of hydrogen-bond donors (Lipinski definition) is 0. The zero-order valence-electron chi connectivity index (χ0n) is 12.3. The van der Waals surface area contributed by atoms with Crippen LogP contribution < -0.4 is 0 Å². The quantitative estimate of drug-likeness (QED) is 0.735. The standard InChI is InChI=1S/C16H19FN2O2/c1-3-19(11-14-5-4-8-21-14)10-12(2)16(20)15-7-6-13(17)9-18-15/h4-9,12H,3,10-11H2,1-2H3. The van der Waals surface area contributed by atoms with Crippen molar-refractivity contribution in [3.63, 3.8) is 0 Å². The number of carbonyl (C=O) groups is 1. The van der Waals surface area contributed by atoms with Gasteiger partial charge in [0.15, 0.2) is 5.78 Å². The summed E-state index contributed by atoms with van der Waals surface area (Å²) in [6.45, 7) is 5.98. The number of rotatable bonds is 7. The topological polar surface area (TPSA) is 46.3 Å². The third-order valence-electron chi connectivity index (χ3n) is 3.37. The Bertz CT molecular complexity index is 566. The van der Waals surface area contributed by atoms with Crippen molar-refractivity contribution in [1.29, 1.82) is 0 Å². The molecule has 0 saturated carbocycles. The molecule has 0 aliphatic rings. The van der Waals surface area contributed by atoms with Gasteiger partial charge in [-0.25, -0.2) is 4.39 Å². The lowest BCUT2D eigenvalue weighted by Crippen LogP contribution is -2.31. The molecule has 5 heteroatoms. The molecule has 0 aliphatic heterocycles. The molecule has 0 aromatic carbocycles. The van der Waals surface area contributed by atoms with Crippen LogP contribution in [0.3, 0.4) is 0 Å². The third-order valence-corrected chi connectivity index (χ3v) is 3.37. The molecule has 21 heavy (non-hydrogen) atoms. The van der Waals surface area contributed by atoms with Crippen LogP contribution >= 0.6 is 0 Å². The van der Waals surface area contributed by atoms with Crippen LogP contribution in [0.5, 0.6) is 0 Å². The van der Waals surface area contributed by atoms with Gasteiger partial charge in [-0.2, -0.15) is 0 Å². The highest BCUT2D eigenvalue weighted by molar-refractivity contribution is 5.95. The Morgan fingerprint density at radius 3 is 2.81 bits per heavy atom. The van der Waals surface area contributed by atoms with Crippen LogP contribution in [0.2, 0.25) is 0 Å². The van der Waals surface area contributed by atoms with E-state index in [1.54, 1.807) is 6.26 Å². The first-order valence-electron chi connectivity index (χ1n) is 7.00. The largest absolute Gasteiger partial charge is 0.468 e. The van der Waals surface area contributed by atoms with E-state index in [9.17, 15) is 9.18 Å². The molecule has 2 heterocycles. The molecule has 1 atom stereocenters. The Labute approximate surface area is 123 Å². The summed E-state index contributed by atoms with van der Waals surface area (Å²) in [4.78, 5) is 18.3. The highest BCUT2D eigenvalue weighted by Crippen LogP contribution is 2.12. The number of ketones is 1.